The quantitative estimate of drug-likeness (QED) is 0.892. The third kappa shape index (κ3) is 3.23. The molecule has 26 heavy (non-hydrogen) atoms. The van der Waals surface area contributed by atoms with Crippen LogP contribution in [0.2, 0.25) is 0 Å². The Morgan fingerprint density at radius 1 is 1.35 bits per heavy atom. The van der Waals surface area contributed by atoms with Crippen LogP contribution in [-0.4, -0.2) is 40.0 Å². The molecular weight excluding hydrogens is 355 g/mol. The van der Waals surface area contributed by atoms with Crippen LogP contribution >= 0.6 is 11.3 Å². The number of thiazole rings is 1. The number of aliphatic carboxylic acids is 1. The molecule has 1 aliphatic heterocycles. The normalized spacial score (nSPS) is 21.0. The maximum Gasteiger partial charge on any atom is 0.307 e. The Kier molecular flexibility index (Phi) is 4.26. The molecule has 1 aliphatic carbocycles. The van der Waals surface area contributed by atoms with Gasteiger partial charge in [-0.05, 0) is 42.4 Å². The number of hydrogen-bond acceptors (Lipinski definition) is 4. The molecule has 1 saturated heterocycles. The fourth-order valence-electron chi connectivity index (χ4n) is 3.88. The number of hydrogen-bond donors (Lipinski definition) is 1. The van der Waals surface area contributed by atoms with Crippen LogP contribution in [0.25, 0.3) is 0 Å². The van der Waals surface area contributed by atoms with Gasteiger partial charge in [-0.1, -0.05) is 12.1 Å². The van der Waals surface area contributed by atoms with Crippen molar-refractivity contribution in [3.8, 4) is 0 Å². The zero-order valence-electron chi connectivity index (χ0n) is 14.2. The highest BCUT2D eigenvalue weighted by atomic mass is 32.1. The Morgan fingerprint density at radius 2 is 2.12 bits per heavy atom. The summed E-state index contributed by atoms with van der Waals surface area (Å²) < 4.78 is 13.3. The highest BCUT2D eigenvalue weighted by Gasteiger charge is 2.59. The Bertz CT molecular complexity index is 858. The van der Waals surface area contributed by atoms with E-state index in [2.05, 4.69) is 4.98 Å². The molecule has 1 N–H and O–H groups in total. The molecule has 1 amide bonds. The van der Waals surface area contributed by atoms with Crippen molar-refractivity contribution in [2.45, 2.75) is 25.7 Å². The van der Waals surface area contributed by atoms with Crippen molar-refractivity contribution in [1.82, 2.24) is 9.88 Å². The van der Waals surface area contributed by atoms with Gasteiger partial charge in [0, 0.05) is 24.9 Å². The Hall–Kier alpha value is -2.28. The fraction of sp³-hybridized carbons (Fsp3) is 0.421. The lowest BCUT2D eigenvalue weighted by Crippen LogP contribution is -2.40. The van der Waals surface area contributed by atoms with Gasteiger partial charge >= 0.3 is 5.97 Å². The highest BCUT2D eigenvalue weighted by molar-refractivity contribution is 7.09. The lowest BCUT2D eigenvalue weighted by Gasteiger charge is -2.32. The largest absolute Gasteiger partial charge is 0.481 e. The minimum absolute atomic E-state index is 0.0900. The molecule has 2 heterocycles. The van der Waals surface area contributed by atoms with E-state index in [4.69, 9.17) is 5.11 Å². The number of carbonyl (C=O) groups excluding carboxylic acids is 1. The van der Waals surface area contributed by atoms with Gasteiger partial charge in [-0.25, -0.2) is 9.37 Å². The summed E-state index contributed by atoms with van der Waals surface area (Å²) in [5.74, 6) is -1.34. The van der Waals surface area contributed by atoms with Gasteiger partial charge in [-0.3, -0.25) is 9.59 Å². The lowest BCUT2D eigenvalue weighted by molar-refractivity contribution is -0.139. The summed E-state index contributed by atoms with van der Waals surface area (Å²) in [5, 5.41) is 11.7. The van der Waals surface area contributed by atoms with Crippen LogP contribution in [-0.2, 0) is 11.2 Å². The van der Waals surface area contributed by atoms with Crippen molar-refractivity contribution >= 4 is 23.2 Å². The van der Waals surface area contributed by atoms with E-state index < -0.39 is 5.97 Å². The van der Waals surface area contributed by atoms with Gasteiger partial charge in [0.2, 0.25) is 0 Å². The monoisotopic (exact) mass is 374 g/mol. The van der Waals surface area contributed by atoms with Crippen LogP contribution in [0.5, 0.6) is 0 Å². The number of benzene rings is 1. The molecule has 4 rings (SSSR count). The molecule has 0 bridgehead atoms. The number of carboxylic acids is 1. The minimum atomic E-state index is -0.716. The smallest absolute Gasteiger partial charge is 0.307 e. The topological polar surface area (TPSA) is 70.5 Å². The van der Waals surface area contributed by atoms with Gasteiger partial charge in [-0.2, -0.15) is 0 Å². The van der Waals surface area contributed by atoms with Gasteiger partial charge in [0.05, 0.1) is 10.9 Å². The fourth-order valence-corrected chi connectivity index (χ4v) is 4.68. The molecule has 1 saturated carbocycles. The summed E-state index contributed by atoms with van der Waals surface area (Å²) in [4.78, 5) is 30.0. The first-order chi connectivity index (χ1) is 12.5. The highest BCUT2D eigenvalue weighted by Crippen LogP contribution is 2.59. The first-order valence-electron chi connectivity index (χ1n) is 8.68. The number of rotatable bonds is 4. The van der Waals surface area contributed by atoms with Gasteiger partial charge in [0.1, 0.15) is 11.5 Å². The Labute approximate surface area is 154 Å². The van der Waals surface area contributed by atoms with Gasteiger partial charge in [0.25, 0.3) is 5.91 Å². The molecule has 1 unspecified atom stereocenters. The number of aromatic nitrogens is 1. The van der Waals surface area contributed by atoms with Crippen molar-refractivity contribution in [3.05, 3.63) is 51.7 Å². The number of carbonyl (C=O) groups is 2. The number of likely N-dealkylation sites (tertiary alicyclic amines) is 1. The van der Waals surface area contributed by atoms with Crippen LogP contribution in [0.3, 0.4) is 0 Å². The summed E-state index contributed by atoms with van der Waals surface area (Å²) in [5.41, 5.74) is 1.15. The second-order valence-corrected chi connectivity index (χ2v) is 8.13. The summed E-state index contributed by atoms with van der Waals surface area (Å²) in [7, 11) is 0. The SMILES string of the molecule is O=C(O)C1CC12CCN(C(=O)c1csc(Cc3cccc(F)c3)n1)CC2. The van der Waals surface area contributed by atoms with Gasteiger partial charge in [0.15, 0.2) is 0 Å². The van der Waals surface area contributed by atoms with Crippen molar-refractivity contribution < 1.29 is 19.1 Å². The number of halogens is 1. The van der Waals surface area contributed by atoms with E-state index in [-0.39, 0.29) is 23.1 Å². The van der Waals surface area contributed by atoms with Crippen molar-refractivity contribution in [2.24, 2.45) is 11.3 Å². The van der Waals surface area contributed by atoms with Gasteiger partial charge < -0.3 is 10.0 Å². The summed E-state index contributed by atoms with van der Waals surface area (Å²) >= 11 is 1.40. The van der Waals surface area contributed by atoms with E-state index in [0.29, 0.717) is 25.2 Å². The van der Waals surface area contributed by atoms with Gasteiger partial charge in [-0.15, -0.1) is 11.3 Å². The first kappa shape index (κ1) is 17.1. The molecule has 1 spiro atoms. The third-order valence-corrected chi connectivity index (χ3v) is 6.40. The zero-order chi connectivity index (χ0) is 18.3. The molecule has 2 fully saturated rings. The van der Waals surface area contributed by atoms with Crippen molar-refractivity contribution in [3.63, 3.8) is 0 Å². The molecule has 0 radical (unpaired) electrons. The lowest BCUT2D eigenvalue weighted by atomic mass is 9.90. The minimum Gasteiger partial charge on any atom is -0.481 e. The van der Waals surface area contributed by atoms with Crippen LogP contribution in [0.1, 0.15) is 40.3 Å². The number of amides is 1. The summed E-state index contributed by atoms with van der Waals surface area (Å²) in [6.07, 6.45) is 2.73. The average molecular weight is 374 g/mol. The van der Waals surface area contributed by atoms with E-state index >= 15 is 0 Å². The number of piperidine rings is 1. The van der Waals surface area contributed by atoms with Crippen molar-refractivity contribution in [2.75, 3.05) is 13.1 Å². The molecule has 7 heteroatoms. The number of carboxylic acid groups (broad SMARTS) is 1. The molecule has 2 aliphatic rings. The first-order valence-corrected chi connectivity index (χ1v) is 9.56. The predicted octanol–water partition coefficient (Wildman–Crippen LogP) is 3.20. The molecule has 5 nitrogen and oxygen atoms in total. The van der Waals surface area contributed by atoms with E-state index in [0.717, 1.165) is 29.8 Å². The summed E-state index contributed by atoms with van der Waals surface area (Å²) in [6.45, 7) is 1.17. The third-order valence-electron chi connectivity index (χ3n) is 5.55. The maximum atomic E-state index is 13.3. The predicted molar refractivity (Wildman–Crippen MR) is 94.6 cm³/mol. The van der Waals surface area contributed by atoms with E-state index in [1.54, 1.807) is 16.3 Å². The van der Waals surface area contributed by atoms with Crippen molar-refractivity contribution in [1.29, 1.82) is 0 Å². The molecule has 1 aromatic carbocycles. The maximum absolute atomic E-state index is 13.3. The second-order valence-electron chi connectivity index (χ2n) is 7.18. The Morgan fingerprint density at radius 3 is 2.77 bits per heavy atom. The van der Waals surface area contributed by atoms with Crippen LogP contribution in [0.4, 0.5) is 4.39 Å². The summed E-state index contributed by atoms with van der Waals surface area (Å²) in [6, 6.07) is 6.38. The molecule has 2 aromatic rings. The van der Waals surface area contributed by atoms with E-state index in [1.165, 1.54) is 23.5 Å². The van der Waals surface area contributed by atoms with Crippen LogP contribution < -0.4 is 0 Å². The molecule has 136 valence electrons. The second kappa shape index (κ2) is 6.46. The molecular formula is C19H19FN2O3S. The zero-order valence-corrected chi connectivity index (χ0v) is 15.0. The van der Waals surface area contributed by atoms with Crippen LogP contribution in [0.15, 0.2) is 29.6 Å². The molecule has 1 atom stereocenters. The standard InChI is InChI=1S/C19H19FN2O3S/c20-13-3-1-2-12(8-13)9-16-21-15(11-26-16)17(23)22-6-4-19(5-7-22)10-14(19)18(24)25/h1-3,8,11,14H,4-7,9-10H2,(H,24,25). The number of nitrogens with zero attached hydrogens (tertiary/aromatic N) is 2. The Balaban J connectivity index is 1.37. The van der Waals surface area contributed by atoms with E-state index in [1.807, 2.05) is 6.07 Å². The molecule has 1 aromatic heterocycles. The van der Waals surface area contributed by atoms with E-state index in [9.17, 15) is 14.0 Å². The average Bonchev–Trinajstić information content (AvgIpc) is 3.12. The van der Waals surface area contributed by atoms with Crippen LogP contribution in [0, 0.1) is 17.2 Å².